The third kappa shape index (κ3) is 3.17. The van der Waals surface area contributed by atoms with Crippen LogP contribution in [0.4, 0.5) is 4.39 Å². The molecule has 2 aromatic rings. The third-order valence-electron chi connectivity index (χ3n) is 3.39. The quantitative estimate of drug-likeness (QED) is 0.921. The van der Waals surface area contributed by atoms with Crippen LogP contribution in [0.2, 0.25) is 5.02 Å². The molecule has 0 amide bonds. The first-order valence-corrected chi connectivity index (χ1v) is 6.72. The van der Waals surface area contributed by atoms with Gasteiger partial charge >= 0.3 is 0 Å². The Morgan fingerprint density at radius 2 is 2.25 bits per heavy atom. The van der Waals surface area contributed by atoms with Gasteiger partial charge in [-0.05, 0) is 24.7 Å². The van der Waals surface area contributed by atoms with E-state index in [2.05, 4.69) is 9.88 Å². The molecule has 2 rings (SSSR count). The van der Waals surface area contributed by atoms with Gasteiger partial charge in [-0.25, -0.2) is 9.37 Å². The Morgan fingerprint density at radius 1 is 1.50 bits per heavy atom. The lowest BCUT2D eigenvalue weighted by Crippen LogP contribution is -2.31. The molecule has 20 heavy (non-hydrogen) atoms. The average Bonchev–Trinajstić information content (AvgIpc) is 2.78. The molecule has 0 radical (unpaired) electrons. The fourth-order valence-corrected chi connectivity index (χ4v) is 2.49. The lowest BCUT2D eigenvalue weighted by Gasteiger charge is -2.27. The molecule has 1 unspecified atom stereocenters. The maximum absolute atomic E-state index is 13.1. The van der Waals surface area contributed by atoms with E-state index in [0.717, 1.165) is 11.4 Å². The molecule has 2 N–H and O–H groups in total. The van der Waals surface area contributed by atoms with E-state index in [0.29, 0.717) is 18.1 Å². The summed E-state index contributed by atoms with van der Waals surface area (Å²) in [5.41, 5.74) is 6.68. The van der Waals surface area contributed by atoms with Gasteiger partial charge < -0.3 is 10.3 Å². The largest absolute Gasteiger partial charge is 0.337 e. The molecule has 108 valence electrons. The van der Waals surface area contributed by atoms with E-state index in [9.17, 15) is 4.39 Å². The maximum atomic E-state index is 13.1. The lowest BCUT2D eigenvalue weighted by atomic mass is 10.1. The molecule has 0 saturated carbocycles. The van der Waals surface area contributed by atoms with Gasteiger partial charge in [0.2, 0.25) is 0 Å². The van der Waals surface area contributed by atoms with Crippen LogP contribution in [0.15, 0.2) is 30.6 Å². The predicted octanol–water partition coefficient (Wildman–Crippen LogP) is 2.34. The van der Waals surface area contributed by atoms with Gasteiger partial charge in [0.1, 0.15) is 11.6 Å². The van der Waals surface area contributed by atoms with Gasteiger partial charge in [-0.1, -0.05) is 17.7 Å². The van der Waals surface area contributed by atoms with Crippen molar-refractivity contribution in [3.05, 3.63) is 52.8 Å². The monoisotopic (exact) mass is 296 g/mol. The van der Waals surface area contributed by atoms with Crippen LogP contribution in [-0.2, 0) is 13.6 Å². The smallest absolute Gasteiger partial charge is 0.124 e. The highest BCUT2D eigenvalue weighted by atomic mass is 35.5. The predicted molar refractivity (Wildman–Crippen MR) is 77.9 cm³/mol. The molecule has 0 aliphatic heterocycles. The van der Waals surface area contributed by atoms with E-state index < -0.39 is 0 Å². The number of nitrogens with zero attached hydrogens (tertiary/aromatic N) is 3. The fraction of sp³-hybridized carbons (Fsp3) is 0.357. The van der Waals surface area contributed by atoms with E-state index in [1.165, 1.54) is 12.1 Å². The van der Waals surface area contributed by atoms with Gasteiger partial charge in [-0.15, -0.1) is 0 Å². The van der Waals surface area contributed by atoms with Crippen molar-refractivity contribution >= 4 is 11.6 Å². The molecular formula is C14H18ClFN4. The van der Waals surface area contributed by atoms with Crippen molar-refractivity contribution in [2.24, 2.45) is 12.8 Å². The summed E-state index contributed by atoms with van der Waals surface area (Å²) in [7, 11) is 3.89. The number of nitrogens with two attached hydrogens (primary N) is 1. The number of aromatic nitrogens is 2. The zero-order chi connectivity index (χ0) is 14.7. The summed E-state index contributed by atoms with van der Waals surface area (Å²) in [5, 5.41) is 0.396. The highest BCUT2D eigenvalue weighted by molar-refractivity contribution is 6.31. The van der Waals surface area contributed by atoms with Crippen molar-refractivity contribution in [2.45, 2.75) is 12.6 Å². The zero-order valence-corrected chi connectivity index (χ0v) is 12.3. The van der Waals surface area contributed by atoms with Crippen LogP contribution in [-0.4, -0.2) is 28.0 Å². The molecule has 1 heterocycles. The molecule has 0 aliphatic rings. The Morgan fingerprint density at radius 3 is 2.80 bits per heavy atom. The van der Waals surface area contributed by atoms with Gasteiger partial charge in [0, 0.05) is 37.1 Å². The second kappa shape index (κ2) is 6.35. The van der Waals surface area contributed by atoms with Crippen LogP contribution in [0.5, 0.6) is 0 Å². The molecule has 0 bridgehead atoms. The Bertz CT molecular complexity index is 584. The van der Waals surface area contributed by atoms with Crippen molar-refractivity contribution in [1.82, 2.24) is 14.5 Å². The third-order valence-corrected chi connectivity index (χ3v) is 3.72. The van der Waals surface area contributed by atoms with Crippen LogP contribution in [0.1, 0.15) is 17.4 Å². The summed E-state index contributed by atoms with van der Waals surface area (Å²) >= 11 is 6.12. The van der Waals surface area contributed by atoms with Crippen molar-refractivity contribution in [3.63, 3.8) is 0 Å². The second-order valence-electron chi connectivity index (χ2n) is 4.79. The van der Waals surface area contributed by atoms with Crippen molar-refractivity contribution < 1.29 is 4.39 Å². The summed E-state index contributed by atoms with van der Waals surface area (Å²) in [4.78, 5) is 6.35. The van der Waals surface area contributed by atoms with Gasteiger partial charge in [0.15, 0.2) is 0 Å². The topological polar surface area (TPSA) is 47.1 Å². The van der Waals surface area contributed by atoms with Gasteiger partial charge in [-0.2, -0.15) is 0 Å². The highest BCUT2D eigenvalue weighted by Crippen LogP contribution is 2.27. The minimum atomic E-state index is -0.346. The van der Waals surface area contributed by atoms with Crippen LogP contribution in [0.25, 0.3) is 0 Å². The van der Waals surface area contributed by atoms with Gasteiger partial charge in [0.25, 0.3) is 0 Å². The Hall–Kier alpha value is -1.43. The van der Waals surface area contributed by atoms with Gasteiger partial charge in [-0.3, -0.25) is 4.90 Å². The number of imidazole rings is 1. The van der Waals surface area contributed by atoms with Gasteiger partial charge in [0.05, 0.1) is 6.54 Å². The molecule has 6 heteroatoms. The number of halogens is 2. The lowest BCUT2D eigenvalue weighted by molar-refractivity contribution is 0.234. The van der Waals surface area contributed by atoms with Crippen molar-refractivity contribution in [1.29, 1.82) is 0 Å². The molecule has 0 fully saturated rings. The Kier molecular flexibility index (Phi) is 4.75. The molecular weight excluding hydrogens is 279 g/mol. The van der Waals surface area contributed by atoms with Crippen LogP contribution in [0.3, 0.4) is 0 Å². The molecule has 0 aliphatic carbocycles. The van der Waals surface area contributed by atoms with Crippen LogP contribution in [0, 0.1) is 5.82 Å². The SMILES string of the molecule is CN(Cc1nccn1C)C(CN)c1ccc(F)cc1Cl. The molecule has 4 nitrogen and oxygen atoms in total. The second-order valence-corrected chi connectivity index (χ2v) is 5.19. The van der Waals surface area contributed by atoms with E-state index in [1.54, 1.807) is 12.3 Å². The first-order valence-electron chi connectivity index (χ1n) is 6.34. The Balaban J connectivity index is 2.21. The highest BCUT2D eigenvalue weighted by Gasteiger charge is 2.19. The maximum Gasteiger partial charge on any atom is 0.124 e. The summed E-state index contributed by atoms with van der Waals surface area (Å²) in [5.74, 6) is 0.588. The molecule has 1 aromatic heterocycles. The summed E-state index contributed by atoms with van der Waals surface area (Å²) in [6, 6.07) is 4.32. The normalized spacial score (nSPS) is 12.9. The molecule has 0 saturated heterocycles. The average molecular weight is 297 g/mol. The first kappa shape index (κ1) is 15.0. The molecule has 0 spiro atoms. The number of hydrogen-bond donors (Lipinski definition) is 1. The summed E-state index contributed by atoms with van der Waals surface area (Å²) < 4.78 is 15.1. The van der Waals surface area contributed by atoms with Crippen LogP contribution >= 0.6 is 11.6 Å². The molecule has 1 aromatic carbocycles. The fourth-order valence-electron chi connectivity index (χ4n) is 2.20. The van der Waals surface area contributed by atoms with Crippen molar-refractivity contribution in [3.8, 4) is 0 Å². The van der Waals surface area contributed by atoms with Crippen molar-refractivity contribution in [2.75, 3.05) is 13.6 Å². The van der Waals surface area contributed by atoms with E-state index >= 15 is 0 Å². The summed E-state index contributed by atoms with van der Waals surface area (Å²) in [6.45, 7) is 1.03. The van der Waals surface area contributed by atoms with Crippen LogP contribution < -0.4 is 5.73 Å². The number of rotatable bonds is 5. The minimum absolute atomic E-state index is 0.0835. The minimum Gasteiger partial charge on any atom is -0.337 e. The zero-order valence-electron chi connectivity index (χ0n) is 11.6. The Labute approximate surface area is 123 Å². The number of hydrogen-bond acceptors (Lipinski definition) is 3. The van der Waals surface area contributed by atoms with E-state index in [-0.39, 0.29) is 11.9 Å². The van der Waals surface area contributed by atoms with E-state index in [1.807, 2.05) is 24.9 Å². The molecule has 1 atom stereocenters. The van der Waals surface area contributed by atoms with E-state index in [4.69, 9.17) is 17.3 Å². The number of likely N-dealkylation sites (N-methyl/N-ethyl adjacent to an activating group) is 1. The number of aryl methyl sites for hydroxylation is 1. The summed E-state index contributed by atoms with van der Waals surface area (Å²) in [6.07, 6.45) is 3.65. The first-order chi connectivity index (χ1) is 9.52. The standard InChI is InChI=1S/C14H18ClFN4/c1-19-6-5-18-14(19)9-20(2)13(8-17)11-4-3-10(16)7-12(11)15/h3-7,13H,8-9,17H2,1-2H3. The number of benzene rings is 1.